The normalized spacial score (nSPS) is 13.6. The van der Waals surface area contributed by atoms with Crippen LogP contribution >= 0.6 is 0 Å². The lowest BCUT2D eigenvalue weighted by Gasteiger charge is -2.19. The lowest BCUT2D eigenvalue weighted by molar-refractivity contribution is 0.860. The van der Waals surface area contributed by atoms with Crippen molar-refractivity contribution in [2.45, 2.75) is 53.9 Å². The van der Waals surface area contributed by atoms with Gasteiger partial charge in [-0.05, 0) is 68.5 Å². The fourth-order valence-corrected chi connectivity index (χ4v) is 2.57. The minimum atomic E-state index is 0.469. The molecule has 23 heavy (non-hydrogen) atoms. The number of aryl methyl sites for hydroxylation is 1. The van der Waals surface area contributed by atoms with Crippen molar-refractivity contribution in [2.24, 2.45) is 5.73 Å². The molecule has 124 valence electrons. The maximum Gasteiger partial charge on any atom is -0.00466 e. The van der Waals surface area contributed by atoms with E-state index in [4.69, 9.17) is 5.73 Å². The Bertz CT molecular complexity index is 655. The van der Waals surface area contributed by atoms with Gasteiger partial charge in [-0.3, -0.25) is 0 Å². The molecule has 1 aromatic rings. The van der Waals surface area contributed by atoms with Gasteiger partial charge in [-0.25, -0.2) is 0 Å². The van der Waals surface area contributed by atoms with Crippen molar-refractivity contribution in [3.8, 4) is 0 Å². The topological polar surface area (TPSA) is 26.0 Å². The van der Waals surface area contributed by atoms with Gasteiger partial charge in [-0.15, -0.1) is 0 Å². The van der Waals surface area contributed by atoms with Gasteiger partial charge in [-0.1, -0.05) is 67.5 Å². The average Bonchev–Trinajstić information content (AvgIpc) is 2.52. The van der Waals surface area contributed by atoms with Crippen molar-refractivity contribution >= 4 is 5.57 Å². The fraction of sp³-hybridized carbons (Fsp3) is 0.364. The molecule has 1 aromatic carbocycles. The Morgan fingerprint density at radius 2 is 1.91 bits per heavy atom. The Balaban J connectivity index is 3.38. The molecular weight excluding hydrogens is 278 g/mol. The molecule has 0 atom stereocenters. The zero-order valence-electron chi connectivity index (χ0n) is 15.5. The molecule has 0 aliphatic heterocycles. The molecule has 0 aliphatic carbocycles. The predicted octanol–water partition coefficient (Wildman–Crippen LogP) is 6.28. The Morgan fingerprint density at radius 1 is 1.26 bits per heavy atom. The highest BCUT2D eigenvalue weighted by molar-refractivity contribution is 5.80. The lowest BCUT2D eigenvalue weighted by Crippen LogP contribution is -2.00. The van der Waals surface area contributed by atoms with Crippen molar-refractivity contribution in [2.75, 3.05) is 0 Å². The molecule has 0 aromatic heterocycles. The van der Waals surface area contributed by atoms with Gasteiger partial charge in [0.05, 0.1) is 0 Å². The summed E-state index contributed by atoms with van der Waals surface area (Å²) in [6.45, 7) is 17.3. The van der Waals surface area contributed by atoms with Gasteiger partial charge in [-0.2, -0.15) is 0 Å². The molecule has 2 N–H and O–H groups in total. The summed E-state index contributed by atoms with van der Waals surface area (Å²) in [6.07, 6.45) is 6.85. The average molecular weight is 309 g/mol. The zero-order chi connectivity index (χ0) is 17.6. The first kappa shape index (κ1) is 19.0. The first-order chi connectivity index (χ1) is 10.8. The minimum absolute atomic E-state index is 0.469. The predicted molar refractivity (Wildman–Crippen MR) is 104 cm³/mol. The van der Waals surface area contributed by atoms with E-state index in [1.54, 1.807) is 6.20 Å². The number of hydrogen-bond donors (Lipinski definition) is 1. The van der Waals surface area contributed by atoms with Crippen molar-refractivity contribution in [3.63, 3.8) is 0 Å². The van der Waals surface area contributed by atoms with E-state index in [9.17, 15) is 0 Å². The van der Waals surface area contributed by atoms with Crippen LogP contribution in [-0.4, -0.2) is 0 Å². The third-order valence-electron chi connectivity index (χ3n) is 4.15. The molecule has 1 nitrogen and oxygen atoms in total. The molecule has 0 heterocycles. The summed E-state index contributed by atoms with van der Waals surface area (Å²) in [5.74, 6) is 0.469. The van der Waals surface area contributed by atoms with E-state index >= 15 is 0 Å². The fourth-order valence-electron chi connectivity index (χ4n) is 2.57. The van der Waals surface area contributed by atoms with E-state index in [0.29, 0.717) is 5.92 Å². The lowest BCUT2D eigenvalue weighted by atomic mass is 9.86. The van der Waals surface area contributed by atoms with Crippen LogP contribution in [0.4, 0.5) is 0 Å². The van der Waals surface area contributed by atoms with Gasteiger partial charge in [0, 0.05) is 0 Å². The second kappa shape index (κ2) is 8.57. The number of benzene rings is 1. The van der Waals surface area contributed by atoms with Crippen LogP contribution in [0, 0.1) is 6.92 Å². The molecule has 0 spiro atoms. The third kappa shape index (κ3) is 5.28. The summed E-state index contributed by atoms with van der Waals surface area (Å²) in [5, 5.41) is 0. The molecule has 0 unspecified atom stereocenters. The van der Waals surface area contributed by atoms with Crippen LogP contribution in [0.5, 0.6) is 0 Å². The second-order valence-electron chi connectivity index (χ2n) is 6.62. The smallest absolute Gasteiger partial charge is 0.00466 e. The maximum absolute atomic E-state index is 5.69. The molecule has 0 bridgehead atoms. The van der Waals surface area contributed by atoms with Crippen LogP contribution in [0.3, 0.4) is 0 Å². The van der Waals surface area contributed by atoms with Crippen molar-refractivity contribution in [1.29, 1.82) is 0 Å². The van der Waals surface area contributed by atoms with Gasteiger partial charge in [0.15, 0.2) is 0 Å². The molecule has 0 radical (unpaired) electrons. The SMILES string of the molecule is C=C(/C(=C\C(C)=C/C)C/C(C)=C/N)c1ccc(C)cc1C(C)C. The van der Waals surface area contributed by atoms with Gasteiger partial charge >= 0.3 is 0 Å². The van der Waals surface area contributed by atoms with Crippen LogP contribution in [0.25, 0.3) is 5.57 Å². The highest BCUT2D eigenvalue weighted by Gasteiger charge is 2.13. The monoisotopic (exact) mass is 309 g/mol. The summed E-state index contributed by atoms with van der Waals surface area (Å²) < 4.78 is 0. The number of rotatable bonds is 6. The molecule has 0 aliphatic rings. The molecule has 1 rings (SSSR count). The van der Waals surface area contributed by atoms with Crippen LogP contribution in [0.1, 0.15) is 63.6 Å². The highest BCUT2D eigenvalue weighted by Crippen LogP contribution is 2.33. The minimum Gasteiger partial charge on any atom is -0.405 e. The quantitative estimate of drug-likeness (QED) is 0.615. The first-order valence-electron chi connectivity index (χ1n) is 8.31. The van der Waals surface area contributed by atoms with Crippen molar-refractivity contribution in [3.05, 3.63) is 76.5 Å². The molecule has 0 saturated heterocycles. The zero-order valence-corrected chi connectivity index (χ0v) is 15.5. The van der Waals surface area contributed by atoms with Crippen molar-refractivity contribution in [1.82, 2.24) is 0 Å². The van der Waals surface area contributed by atoms with Crippen LogP contribution in [-0.2, 0) is 0 Å². The summed E-state index contributed by atoms with van der Waals surface area (Å²) in [4.78, 5) is 0. The van der Waals surface area contributed by atoms with Crippen LogP contribution in [0.15, 0.2) is 59.8 Å². The Kier molecular flexibility index (Phi) is 7.09. The maximum atomic E-state index is 5.69. The molecule has 1 heteroatoms. The standard InChI is InChI=1S/C22H31N/c1-8-16(4)11-20(12-18(6)14-23)19(7)21-10-9-17(5)13-22(21)15(2)3/h8-11,13-15H,7,12,23H2,1-6H3/b16-8-,18-14+,20-11-. The summed E-state index contributed by atoms with van der Waals surface area (Å²) in [6, 6.07) is 6.64. The van der Waals surface area contributed by atoms with E-state index in [2.05, 4.69) is 78.5 Å². The van der Waals surface area contributed by atoms with E-state index in [1.807, 2.05) is 0 Å². The molecular formula is C22H31N. The Hall–Kier alpha value is -2.02. The molecule has 0 saturated carbocycles. The summed E-state index contributed by atoms with van der Waals surface area (Å²) in [7, 11) is 0. The van der Waals surface area contributed by atoms with Gasteiger partial charge in [0.25, 0.3) is 0 Å². The summed E-state index contributed by atoms with van der Waals surface area (Å²) >= 11 is 0. The second-order valence-corrected chi connectivity index (χ2v) is 6.62. The molecule has 0 amide bonds. The summed E-state index contributed by atoms with van der Waals surface area (Å²) in [5.41, 5.74) is 14.3. The number of allylic oxidation sites excluding steroid dienone is 6. The van der Waals surface area contributed by atoms with Gasteiger partial charge < -0.3 is 5.73 Å². The van der Waals surface area contributed by atoms with Crippen LogP contribution < -0.4 is 5.73 Å². The number of hydrogen-bond acceptors (Lipinski definition) is 1. The van der Waals surface area contributed by atoms with E-state index < -0.39 is 0 Å². The van der Waals surface area contributed by atoms with Crippen molar-refractivity contribution < 1.29 is 0 Å². The number of nitrogens with two attached hydrogens (primary N) is 1. The molecule has 0 fully saturated rings. The van der Waals surface area contributed by atoms with E-state index in [0.717, 1.165) is 17.6 Å². The third-order valence-corrected chi connectivity index (χ3v) is 4.15. The Morgan fingerprint density at radius 3 is 2.43 bits per heavy atom. The largest absolute Gasteiger partial charge is 0.405 e. The van der Waals surface area contributed by atoms with Gasteiger partial charge in [0.2, 0.25) is 0 Å². The van der Waals surface area contributed by atoms with E-state index in [-0.39, 0.29) is 0 Å². The highest BCUT2D eigenvalue weighted by atomic mass is 14.5. The van der Waals surface area contributed by atoms with E-state index in [1.165, 1.54) is 27.8 Å². The van der Waals surface area contributed by atoms with Crippen LogP contribution in [0.2, 0.25) is 0 Å². The first-order valence-corrected chi connectivity index (χ1v) is 8.31. The Labute approximate surface area is 142 Å². The van der Waals surface area contributed by atoms with Gasteiger partial charge in [0.1, 0.15) is 0 Å².